The molecule has 0 aliphatic rings. The van der Waals surface area contributed by atoms with Crippen LogP contribution in [-0.4, -0.2) is 15.7 Å². The summed E-state index contributed by atoms with van der Waals surface area (Å²) in [6.07, 6.45) is -0.469. The summed E-state index contributed by atoms with van der Waals surface area (Å²) in [5.41, 5.74) is 2.17. The summed E-state index contributed by atoms with van der Waals surface area (Å²) in [6, 6.07) is 0. The fourth-order valence-corrected chi connectivity index (χ4v) is 1.70. The first-order chi connectivity index (χ1) is 7.34. The molecule has 16 heavy (non-hydrogen) atoms. The van der Waals surface area contributed by atoms with Crippen LogP contribution in [0.2, 0.25) is 5.02 Å². The number of carbonyl (C=O) groups is 1. The third-order valence-corrected chi connectivity index (χ3v) is 2.61. The minimum absolute atomic E-state index is 0.351. The number of hydrogen-bond donors (Lipinski definition) is 0. The van der Waals surface area contributed by atoms with E-state index in [9.17, 15) is 4.79 Å². The standard InChI is InChI=1S/C11H15ClN2O2/c1-6(2)11-10(12)7(3)14(13-11)8(4)16-9(5)15/h8H,1H2,2-5H3. The average molecular weight is 243 g/mol. The molecule has 1 atom stereocenters. The molecule has 4 nitrogen and oxygen atoms in total. The van der Waals surface area contributed by atoms with E-state index in [0.717, 1.165) is 11.3 Å². The Labute approximate surface area is 99.8 Å². The van der Waals surface area contributed by atoms with E-state index in [2.05, 4.69) is 11.7 Å². The Hall–Kier alpha value is -1.29. The van der Waals surface area contributed by atoms with Gasteiger partial charge in [-0.05, 0) is 26.3 Å². The van der Waals surface area contributed by atoms with Crippen molar-refractivity contribution in [3.05, 3.63) is 23.0 Å². The molecule has 1 rings (SSSR count). The van der Waals surface area contributed by atoms with Crippen molar-refractivity contribution < 1.29 is 9.53 Å². The SMILES string of the molecule is C=C(C)c1nn(C(C)OC(C)=O)c(C)c1Cl. The van der Waals surface area contributed by atoms with Crippen LogP contribution in [0.5, 0.6) is 0 Å². The maximum absolute atomic E-state index is 10.9. The predicted molar refractivity (Wildman–Crippen MR) is 63.2 cm³/mol. The van der Waals surface area contributed by atoms with E-state index in [1.54, 1.807) is 11.6 Å². The largest absolute Gasteiger partial charge is 0.440 e. The fourth-order valence-electron chi connectivity index (χ4n) is 1.42. The van der Waals surface area contributed by atoms with Crippen LogP contribution in [0, 0.1) is 6.92 Å². The number of hydrogen-bond acceptors (Lipinski definition) is 3. The Morgan fingerprint density at radius 3 is 2.50 bits per heavy atom. The molecular formula is C11H15ClN2O2. The van der Waals surface area contributed by atoms with E-state index < -0.39 is 6.23 Å². The van der Waals surface area contributed by atoms with Gasteiger partial charge in [0.15, 0.2) is 6.23 Å². The van der Waals surface area contributed by atoms with Gasteiger partial charge in [0.1, 0.15) is 5.69 Å². The highest BCUT2D eigenvalue weighted by Gasteiger charge is 2.18. The second-order valence-electron chi connectivity index (χ2n) is 3.68. The lowest BCUT2D eigenvalue weighted by molar-refractivity contribution is -0.150. The summed E-state index contributed by atoms with van der Waals surface area (Å²) >= 11 is 6.10. The Morgan fingerprint density at radius 1 is 1.56 bits per heavy atom. The number of carbonyl (C=O) groups excluding carboxylic acids is 1. The zero-order valence-electron chi connectivity index (χ0n) is 9.87. The summed E-state index contributed by atoms with van der Waals surface area (Å²) in [7, 11) is 0. The summed E-state index contributed by atoms with van der Waals surface area (Å²) in [5.74, 6) is -0.351. The zero-order chi connectivity index (χ0) is 12.5. The number of aromatic nitrogens is 2. The summed E-state index contributed by atoms with van der Waals surface area (Å²) < 4.78 is 6.62. The Bertz CT molecular complexity index is 437. The minimum Gasteiger partial charge on any atom is -0.440 e. The first-order valence-corrected chi connectivity index (χ1v) is 5.30. The molecule has 0 bridgehead atoms. The Kier molecular flexibility index (Phi) is 3.75. The van der Waals surface area contributed by atoms with Crippen molar-refractivity contribution in [2.75, 3.05) is 0 Å². The van der Waals surface area contributed by atoms with E-state index in [-0.39, 0.29) is 5.97 Å². The summed E-state index contributed by atoms with van der Waals surface area (Å²) in [4.78, 5) is 10.9. The van der Waals surface area contributed by atoms with Gasteiger partial charge in [-0.3, -0.25) is 4.79 Å². The topological polar surface area (TPSA) is 44.1 Å². The highest BCUT2D eigenvalue weighted by atomic mass is 35.5. The van der Waals surface area contributed by atoms with Gasteiger partial charge >= 0.3 is 5.97 Å². The number of nitrogens with zero attached hydrogens (tertiary/aromatic N) is 2. The third kappa shape index (κ3) is 2.44. The van der Waals surface area contributed by atoms with Crippen LogP contribution in [0.4, 0.5) is 0 Å². The van der Waals surface area contributed by atoms with Crippen LogP contribution in [0.3, 0.4) is 0 Å². The van der Waals surface area contributed by atoms with Crippen molar-refractivity contribution in [1.29, 1.82) is 0 Å². The van der Waals surface area contributed by atoms with Gasteiger partial charge in [-0.25, -0.2) is 4.68 Å². The predicted octanol–water partition coefficient (Wildman–Crippen LogP) is 2.96. The molecule has 1 heterocycles. The van der Waals surface area contributed by atoms with Crippen molar-refractivity contribution in [3.8, 4) is 0 Å². The smallest absolute Gasteiger partial charge is 0.304 e. The maximum atomic E-state index is 10.9. The van der Waals surface area contributed by atoms with Crippen LogP contribution in [0.1, 0.15) is 38.4 Å². The van der Waals surface area contributed by atoms with Crippen molar-refractivity contribution in [2.45, 2.75) is 33.9 Å². The second-order valence-corrected chi connectivity index (χ2v) is 4.06. The van der Waals surface area contributed by atoms with Gasteiger partial charge in [0.2, 0.25) is 0 Å². The van der Waals surface area contributed by atoms with Crippen LogP contribution in [0.25, 0.3) is 5.57 Å². The van der Waals surface area contributed by atoms with Gasteiger partial charge in [-0.2, -0.15) is 5.10 Å². The average Bonchev–Trinajstić information content (AvgIpc) is 2.43. The van der Waals surface area contributed by atoms with Gasteiger partial charge in [0, 0.05) is 6.92 Å². The van der Waals surface area contributed by atoms with E-state index >= 15 is 0 Å². The first-order valence-electron chi connectivity index (χ1n) is 4.92. The maximum Gasteiger partial charge on any atom is 0.304 e. The monoisotopic (exact) mass is 242 g/mol. The number of rotatable bonds is 3. The number of ether oxygens (including phenoxy) is 1. The first kappa shape index (κ1) is 12.8. The zero-order valence-corrected chi connectivity index (χ0v) is 10.6. The van der Waals surface area contributed by atoms with Crippen molar-refractivity contribution in [1.82, 2.24) is 9.78 Å². The molecule has 1 aromatic rings. The lowest BCUT2D eigenvalue weighted by Crippen LogP contribution is -2.15. The van der Waals surface area contributed by atoms with Gasteiger partial charge in [0.25, 0.3) is 0 Å². The minimum atomic E-state index is -0.469. The van der Waals surface area contributed by atoms with Gasteiger partial charge in [0.05, 0.1) is 10.7 Å². The highest BCUT2D eigenvalue weighted by Crippen LogP contribution is 2.27. The van der Waals surface area contributed by atoms with Gasteiger partial charge < -0.3 is 4.74 Å². The molecule has 0 N–H and O–H groups in total. The molecule has 0 aliphatic carbocycles. The molecular weight excluding hydrogens is 228 g/mol. The highest BCUT2D eigenvalue weighted by molar-refractivity contribution is 6.32. The molecule has 0 fully saturated rings. The molecule has 0 amide bonds. The van der Waals surface area contributed by atoms with Gasteiger partial charge in [-0.1, -0.05) is 18.2 Å². The Balaban J connectivity index is 3.10. The van der Waals surface area contributed by atoms with E-state index in [1.807, 2.05) is 13.8 Å². The summed E-state index contributed by atoms with van der Waals surface area (Å²) in [6.45, 7) is 10.5. The third-order valence-electron chi connectivity index (χ3n) is 2.16. The number of esters is 1. The lowest BCUT2D eigenvalue weighted by Gasteiger charge is -2.13. The number of allylic oxidation sites excluding steroid dienone is 1. The van der Waals surface area contributed by atoms with E-state index in [4.69, 9.17) is 16.3 Å². The molecule has 1 aromatic heterocycles. The molecule has 88 valence electrons. The van der Waals surface area contributed by atoms with Crippen molar-refractivity contribution in [2.24, 2.45) is 0 Å². The van der Waals surface area contributed by atoms with E-state index in [1.165, 1.54) is 6.92 Å². The molecule has 0 spiro atoms. The molecule has 0 radical (unpaired) electrons. The van der Waals surface area contributed by atoms with Crippen LogP contribution >= 0.6 is 11.6 Å². The molecule has 0 saturated heterocycles. The molecule has 0 saturated carbocycles. The summed E-state index contributed by atoms with van der Waals surface area (Å²) in [5, 5.41) is 4.82. The van der Waals surface area contributed by atoms with E-state index in [0.29, 0.717) is 10.7 Å². The van der Waals surface area contributed by atoms with Crippen LogP contribution in [-0.2, 0) is 9.53 Å². The fraction of sp³-hybridized carbons (Fsp3) is 0.455. The molecule has 0 aromatic carbocycles. The van der Waals surface area contributed by atoms with Gasteiger partial charge in [-0.15, -0.1) is 0 Å². The van der Waals surface area contributed by atoms with Crippen molar-refractivity contribution in [3.63, 3.8) is 0 Å². The quantitative estimate of drug-likeness (QED) is 0.766. The van der Waals surface area contributed by atoms with Crippen LogP contribution in [0.15, 0.2) is 6.58 Å². The molecule has 5 heteroatoms. The molecule has 1 unspecified atom stereocenters. The molecule has 0 aliphatic heterocycles. The second kappa shape index (κ2) is 4.70. The number of halogens is 1. The van der Waals surface area contributed by atoms with Crippen molar-refractivity contribution >= 4 is 23.1 Å². The Morgan fingerprint density at radius 2 is 2.12 bits per heavy atom. The lowest BCUT2D eigenvalue weighted by atomic mass is 10.2. The normalized spacial score (nSPS) is 12.3. The van der Waals surface area contributed by atoms with Crippen LogP contribution < -0.4 is 0 Å².